The molecule has 0 aliphatic rings. The van der Waals surface area contributed by atoms with Gasteiger partial charge in [0.1, 0.15) is 17.3 Å². The topological polar surface area (TPSA) is 79.9 Å². The number of aliphatic imine (C=N–C) groups is 1. The van der Waals surface area contributed by atoms with Crippen LogP contribution in [0.1, 0.15) is 48.1 Å². The molecule has 2 aromatic heterocycles. The van der Waals surface area contributed by atoms with Crippen LogP contribution < -0.4 is 10.2 Å². The monoisotopic (exact) mass is 379 g/mol. The van der Waals surface area contributed by atoms with Crippen molar-refractivity contribution in [2.75, 3.05) is 0 Å². The van der Waals surface area contributed by atoms with Crippen LogP contribution in [-0.2, 0) is 6.54 Å². The minimum absolute atomic E-state index is 0.261. The standard InChI is InChI=1S/C22H25N3O3/c1-14(2)17-6-5-7-18(12-17)28-22-20(11-8-15(3)24-22)21(25-26)23-13-19-10-9-16(4)27-19/h5-12,14,26H,13H2,1-4H3,(H,23,25). The van der Waals surface area contributed by atoms with Gasteiger partial charge in [0.15, 0.2) is 5.84 Å². The van der Waals surface area contributed by atoms with Crippen molar-refractivity contribution in [3.05, 3.63) is 76.9 Å². The SMILES string of the molecule is Cc1ccc(C(=NCc2ccc(C)o2)NO)c(Oc2cccc(C(C)C)c2)n1. The van der Waals surface area contributed by atoms with Gasteiger partial charge in [0.25, 0.3) is 0 Å². The van der Waals surface area contributed by atoms with Gasteiger partial charge in [0, 0.05) is 5.69 Å². The van der Waals surface area contributed by atoms with Crippen LogP contribution >= 0.6 is 0 Å². The van der Waals surface area contributed by atoms with E-state index in [1.54, 1.807) is 0 Å². The molecule has 3 aromatic rings. The van der Waals surface area contributed by atoms with Crippen molar-refractivity contribution in [2.24, 2.45) is 4.99 Å². The summed E-state index contributed by atoms with van der Waals surface area (Å²) < 4.78 is 11.6. The molecule has 0 aliphatic carbocycles. The summed E-state index contributed by atoms with van der Waals surface area (Å²) in [6.45, 7) is 8.31. The Kier molecular flexibility index (Phi) is 6.11. The van der Waals surface area contributed by atoms with Crippen LogP contribution in [0.5, 0.6) is 11.6 Å². The number of hydroxylamine groups is 1. The van der Waals surface area contributed by atoms with Crippen LogP contribution in [0.2, 0.25) is 0 Å². The number of hydrogen-bond acceptors (Lipinski definition) is 5. The van der Waals surface area contributed by atoms with Crippen molar-refractivity contribution in [1.82, 2.24) is 10.5 Å². The Morgan fingerprint density at radius 3 is 2.68 bits per heavy atom. The number of pyridine rings is 1. The molecule has 1 aromatic carbocycles. The van der Waals surface area contributed by atoms with Gasteiger partial charge in [-0.2, -0.15) is 0 Å². The Morgan fingerprint density at radius 2 is 2.00 bits per heavy atom. The molecule has 0 unspecified atom stereocenters. The van der Waals surface area contributed by atoms with E-state index in [1.165, 1.54) is 5.56 Å². The normalized spacial score (nSPS) is 11.7. The van der Waals surface area contributed by atoms with Gasteiger partial charge >= 0.3 is 0 Å². The average molecular weight is 379 g/mol. The zero-order chi connectivity index (χ0) is 20.1. The zero-order valence-electron chi connectivity index (χ0n) is 16.6. The smallest absolute Gasteiger partial charge is 0.230 e. The third-order valence-electron chi connectivity index (χ3n) is 4.29. The first-order chi connectivity index (χ1) is 13.5. The molecule has 0 bridgehead atoms. The molecule has 0 saturated carbocycles. The fourth-order valence-corrected chi connectivity index (χ4v) is 2.75. The van der Waals surface area contributed by atoms with Gasteiger partial charge in [0.2, 0.25) is 5.88 Å². The first-order valence-electron chi connectivity index (χ1n) is 9.22. The minimum Gasteiger partial charge on any atom is -0.464 e. The summed E-state index contributed by atoms with van der Waals surface area (Å²) in [5.74, 6) is 3.23. The van der Waals surface area contributed by atoms with Crippen LogP contribution in [0.25, 0.3) is 0 Å². The van der Waals surface area contributed by atoms with E-state index in [9.17, 15) is 5.21 Å². The van der Waals surface area contributed by atoms with Crippen LogP contribution in [0, 0.1) is 13.8 Å². The molecule has 2 heterocycles. The fourth-order valence-electron chi connectivity index (χ4n) is 2.75. The van der Waals surface area contributed by atoms with E-state index < -0.39 is 0 Å². The van der Waals surface area contributed by atoms with Gasteiger partial charge in [-0.1, -0.05) is 26.0 Å². The maximum atomic E-state index is 9.64. The number of ether oxygens (including phenoxy) is 1. The Labute approximate surface area is 164 Å². The summed E-state index contributed by atoms with van der Waals surface area (Å²) in [6, 6.07) is 15.3. The number of nitrogens with zero attached hydrogens (tertiary/aromatic N) is 2. The predicted molar refractivity (Wildman–Crippen MR) is 108 cm³/mol. The van der Waals surface area contributed by atoms with Gasteiger partial charge in [0.05, 0.1) is 12.1 Å². The molecule has 0 atom stereocenters. The second-order valence-corrected chi connectivity index (χ2v) is 6.92. The number of aryl methyl sites for hydroxylation is 2. The van der Waals surface area contributed by atoms with Crippen molar-refractivity contribution in [1.29, 1.82) is 0 Å². The lowest BCUT2D eigenvalue weighted by Crippen LogP contribution is -2.21. The zero-order valence-corrected chi connectivity index (χ0v) is 16.6. The van der Waals surface area contributed by atoms with Crippen LogP contribution in [0.4, 0.5) is 0 Å². The Balaban J connectivity index is 1.91. The summed E-state index contributed by atoms with van der Waals surface area (Å²) in [7, 11) is 0. The predicted octanol–water partition coefficient (Wildman–Crippen LogP) is 5.13. The maximum absolute atomic E-state index is 9.64. The van der Waals surface area contributed by atoms with Crippen molar-refractivity contribution in [3.8, 4) is 11.6 Å². The molecular formula is C22H25N3O3. The lowest BCUT2D eigenvalue weighted by molar-refractivity contribution is 0.234. The highest BCUT2D eigenvalue weighted by molar-refractivity contribution is 6.00. The van der Waals surface area contributed by atoms with Crippen molar-refractivity contribution in [2.45, 2.75) is 40.2 Å². The summed E-state index contributed by atoms with van der Waals surface area (Å²) >= 11 is 0. The molecule has 2 N–H and O–H groups in total. The number of hydrogen-bond donors (Lipinski definition) is 2. The van der Waals surface area contributed by atoms with Crippen molar-refractivity contribution >= 4 is 5.84 Å². The molecule has 0 saturated heterocycles. The highest BCUT2D eigenvalue weighted by atomic mass is 16.5. The molecule has 0 spiro atoms. The van der Waals surface area contributed by atoms with Gasteiger partial charge in [-0.3, -0.25) is 15.7 Å². The summed E-state index contributed by atoms with van der Waals surface area (Å²) in [5.41, 5.74) is 4.70. The van der Waals surface area contributed by atoms with Crippen LogP contribution in [-0.4, -0.2) is 16.0 Å². The Bertz CT molecular complexity index is 977. The summed E-state index contributed by atoms with van der Waals surface area (Å²) in [5, 5.41) is 9.64. The summed E-state index contributed by atoms with van der Waals surface area (Å²) in [4.78, 5) is 8.91. The number of rotatable bonds is 6. The highest BCUT2D eigenvalue weighted by Gasteiger charge is 2.14. The van der Waals surface area contributed by atoms with E-state index in [2.05, 4.69) is 35.4 Å². The van der Waals surface area contributed by atoms with E-state index >= 15 is 0 Å². The molecule has 0 fully saturated rings. The molecule has 6 nitrogen and oxygen atoms in total. The second kappa shape index (κ2) is 8.71. The first kappa shape index (κ1) is 19.6. The van der Waals surface area contributed by atoms with Crippen molar-refractivity contribution in [3.63, 3.8) is 0 Å². The molecule has 0 amide bonds. The molecule has 0 aliphatic heterocycles. The number of benzene rings is 1. The van der Waals surface area contributed by atoms with Crippen LogP contribution in [0.3, 0.4) is 0 Å². The lowest BCUT2D eigenvalue weighted by Gasteiger charge is -2.13. The molecule has 28 heavy (non-hydrogen) atoms. The van der Waals surface area contributed by atoms with Crippen LogP contribution in [0.15, 0.2) is 57.9 Å². The minimum atomic E-state index is 0.261. The fraction of sp³-hybridized carbons (Fsp3) is 0.273. The molecule has 3 rings (SSSR count). The molecular weight excluding hydrogens is 354 g/mol. The molecule has 146 valence electrons. The van der Waals surface area contributed by atoms with Gasteiger partial charge in [-0.25, -0.2) is 4.98 Å². The third kappa shape index (κ3) is 4.78. The van der Waals surface area contributed by atoms with E-state index in [-0.39, 0.29) is 12.4 Å². The lowest BCUT2D eigenvalue weighted by atomic mass is 10.0. The molecule has 6 heteroatoms. The average Bonchev–Trinajstić information content (AvgIpc) is 3.09. The number of amidine groups is 1. The van der Waals surface area contributed by atoms with E-state index in [0.29, 0.717) is 28.9 Å². The highest BCUT2D eigenvalue weighted by Crippen LogP contribution is 2.27. The van der Waals surface area contributed by atoms with E-state index in [4.69, 9.17) is 9.15 Å². The second-order valence-electron chi connectivity index (χ2n) is 6.92. The molecule has 0 radical (unpaired) electrons. The largest absolute Gasteiger partial charge is 0.464 e. The van der Waals surface area contributed by atoms with Gasteiger partial charge in [-0.15, -0.1) is 0 Å². The Morgan fingerprint density at radius 1 is 1.18 bits per heavy atom. The summed E-state index contributed by atoms with van der Waals surface area (Å²) in [6.07, 6.45) is 0. The van der Waals surface area contributed by atoms with Crippen molar-refractivity contribution < 1.29 is 14.4 Å². The number of nitrogens with one attached hydrogen (secondary N) is 1. The van der Waals surface area contributed by atoms with Gasteiger partial charge in [-0.05, 0) is 61.7 Å². The quantitative estimate of drug-likeness (QED) is 0.352. The Hall–Kier alpha value is -3.12. The first-order valence-corrected chi connectivity index (χ1v) is 9.22. The number of aromatic nitrogens is 1. The van der Waals surface area contributed by atoms with Gasteiger partial charge < -0.3 is 9.15 Å². The number of furan rings is 1. The maximum Gasteiger partial charge on any atom is 0.230 e. The van der Waals surface area contributed by atoms with E-state index in [1.807, 2.05) is 56.3 Å². The van der Waals surface area contributed by atoms with E-state index in [0.717, 1.165) is 11.5 Å². The third-order valence-corrected chi connectivity index (χ3v) is 4.29.